The highest BCUT2D eigenvalue weighted by Crippen LogP contribution is 2.43. The van der Waals surface area contributed by atoms with Crippen LogP contribution in [-0.4, -0.2) is 29.3 Å². The van der Waals surface area contributed by atoms with E-state index in [1.807, 2.05) is 11.4 Å². The van der Waals surface area contributed by atoms with E-state index in [9.17, 15) is 9.59 Å². The van der Waals surface area contributed by atoms with Crippen LogP contribution in [0.25, 0.3) is 0 Å². The molecule has 1 fully saturated rings. The van der Waals surface area contributed by atoms with Crippen molar-refractivity contribution in [3.05, 3.63) is 22.4 Å². The normalized spacial score (nSPS) is 16.4. The van der Waals surface area contributed by atoms with Crippen molar-refractivity contribution in [2.75, 3.05) is 12.3 Å². The maximum absolute atomic E-state index is 11.8. The van der Waals surface area contributed by atoms with E-state index in [1.165, 1.54) is 4.88 Å². The van der Waals surface area contributed by atoms with E-state index in [-0.39, 0.29) is 17.7 Å². The highest BCUT2D eigenvalue weighted by atomic mass is 32.2. The van der Waals surface area contributed by atoms with Gasteiger partial charge in [0.05, 0.1) is 12.2 Å². The largest absolute Gasteiger partial charge is 0.481 e. The quantitative estimate of drug-likeness (QED) is 0.774. The van der Waals surface area contributed by atoms with Crippen LogP contribution in [0.4, 0.5) is 0 Å². The lowest BCUT2D eigenvalue weighted by Gasteiger charge is -2.40. The van der Waals surface area contributed by atoms with Crippen LogP contribution in [-0.2, 0) is 15.3 Å². The van der Waals surface area contributed by atoms with Gasteiger partial charge in [0.15, 0.2) is 0 Å². The first-order valence-electron chi connectivity index (χ1n) is 6.68. The third-order valence-corrected chi connectivity index (χ3v) is 5.70. The first-order valence-corrected chi connectivity index (χ1v) is 8.72. The molecule has 2 rings (SSSR count). The molecule has 20 heavy (non-hydrogen) atoms. The Kier molecular flexibility index (Phi) is 5.48. The lowest BCUT2D eigenvalue weighted by atomic mass is 9.66. The summed E-state index contributed by atoms with van der Waals surface area (Å²) >= 11 is 3.29. The second kappa shape index (κ2) is 7.13. The molecule has 2 N–H and O–H groups in total. The lowest BCUT2D eigenvalue weighted by Crippen LogP contribution is -2.44. The smallest absolute Gasteiger partial charge is 0.303 e. The first-order chi connectivity index (χ1) is 9.60. The number of amides is 1. The van der Waals surface area contributed by atoms with Crippen LogP contribution in [0, 0.1) is 5.41 Å². The zero-order chi connectivity index (χ0) is 14.4. The van der Waals surface area contributed by atoms with Gasteiger partial charge in [0.2, 0.25) is 5.91 Å². The topological polar surface area (TPSA) is 66.4 Å². The van der Waals surface area contributed by atoms with Crippen molar-refractivity contribution < 1.29 is 14.7 Å². The van der Waals surface area contributed by atoms with Crippen LogP contribution < -0.4 is 5.32 Å². The number of thiophene rings is 1. The Labute approximate surface area is 127 Å². The number of hydrogen-bond acceptors (Lipinski definition) is 4. The molecule has 0 saturated heterocycles. The monoisotopic (exact) mass is 313 g/mol. The zero-order valence-corrected chi connectivity index (χ0v) is 12.9. The SMILES string of the molecule is O=C(O)CC1(CNC(=O)CSCc2cccs2)CCC1. The molecule has 0 bridgehead atoms. The first kappa shape index (κ1) is 15.4. The molecule has 0 aromatic carbocycles. The Hall–Kier alpha value is -1.01. The van der Waals surface area contributed by atoms with E-state index in [0.29, 0.717) is 12.3 Å². The second-order valence-corrected chi connectivity index (χ2v) is 7.29. The number of carbonyl (C=O) groups excluding carboxylic acids is 1. The molecule has 6 heteroatoms. The summed E-state index contributed by atoms with van der Waals surface area (Å²) in [5.74, 6) is 0.515. The molecule has 1 amide bonds. The van der Waals surface area contributed by atoms with Gasteiger partial charge in [-0.2, -0.15) is 0 Å². The Balaban J connectivity index is 1.65. The summed E-state index contributed by atoms with van der Waals surface area (Å²) in [6, 6.07) is 4.07. The summed E-state index contributed by atoms with van der Waals surface area (Å²) in [5.41, 5.74) is -0.195. The summed E-state index contributed by atoms with van der Waals surface area (Å²) in [7, 11) is 0. The molecule has 0 unspecified atom stereocenters. The molecular formula is C14H19NO3S2. The molecule has 1 aromatic rings. The number of carboxylic acids is 1. The van der Waals surface area contributed by atoms with Crippen LogP contribution >= 0.6 is 23.1 Å². The molecule has 1 aliphatic carbocycles. The minimum atomic E-state index is -0.772. The standard InChI is InChI=1S/C14H19NO3S2/c16-12(9-19-8-11-3-1-6-20-11)15-10-14(4-2-5-14)7-13(17)18/h1,3,6H,2,4-5,7-10H2,(H,15,16)(H,17,18). The Morgan fingerprint density at radius 2 is 2.25 bits per heavy atom. The van der Waals surface area contributed by atoms with Crippen molar-refractivity contribution in [2.45, 2.75) is 31.4 Å². The van der Waals surface area contributed by atoms with Crippen LogP contribution in [0.5, 0.6) is 0 Å². The van der Waals surface area contributed by atoms with Gasteiger partial charge in [-0.25, -0.2) is 0 Å². The van der Waals surface area contributed by atoms with Gasteiger partial charge in [-0.3, -0.25) is 9.59 Å². The average Bonchev–Trinajstić information content (AvgIpc) is 2.85. The van der Waals surface area contributed by atoms with E-state index < -0.39 is 5.97 Å². The third kappa shape index (κ3) is 4.52. The number of rotatable bonds is 8. The Morgan fingerprint density at radius 3 is 2.80 bits per heavy atom. The van der Waals surface area contributed by atoms with Gasteiger partial charge in [-0.1, -0.05) is 12.5 Å². The highest BCUT2D eigenvalue weighted by molar-refractivity contribution is 7.99. The summed E-state index contributed by atoms with van der Waals surface area (Å²) in [6.45, 7) is 0.498. The van der Waals surface area contributed by atoms with Gasteiger partial charge in [0, 0.05) is 17.2 Å². The molecular weight excluding hydrogens is 294 g/mol. The summed E-state index contributed by atoms with van der Waals surface area (Å²) in [5, 5.41) is 13.8. The zero-order valence-electron chi connectivity index (χ0n) is 11.3. The molecule has 4 nitrogen and oxygen atoms in total. The van der Waals surface area contributed by atoms with E-state index >= 15 is 0 Å². The molecule has 1 aromatic heterocycles. The third-order valence-electron chi connectivity index (χ3n) is 3.66. The maximum atomic E-state index is 11.8. The van der Waals surface area contributed by atoms with Gasteiger partial charge in [-0.05, 0) is 29.7 Å². The van der Waals surface area contributed by atoms with Crippen molar-refractivity contribution >= 4 is 35.0 Å². The van der Waals surface area contributed by atoms with Gasteiger partial charge in [0.25, 0.3) is 0 Å². The molecule has 0 spiro atoms. The van der Waals surface area contributed by atoms with E-state index in [1.54, 1.807) is 23.1 Å². The van der Waals surface area contributed by atoms with Crippen LogP contribution in [0.2, 0.25) is 0 Å². The van der Waals surface area contributed by atoms with Crippen molar-refractivity contribution in [3.8, 4) is 0 Å². The van der Waals surface area contributed by atoms with Gasteiger partial charge >= 0.3 is 5.97 Å². The molecule has 110 valence electrons. The minimum absolute atomic E-state index is 0.00298. The average molecular weight is 313 g/mol. The van der Waals surface area contributed by atoms with Crippen molar-refractivity contribution in [3.63, 3.8) is 0 Å². The summed E-state index contributed by atoms with van der Waals surface area (Å²) in [6.07, 6.45) is 3.04. The van der Waals surface area contributed by atoms with E-state index in [2.05, 4.69) is 11.4 Å². The lowest BCUT2D eigenvalue weighted by molar-refractivity contribution is -0.141. The molecule has 0 aliphatic heterocycles. The predicted molar refractivity (Wildman–Crippen MR) is 82.0 cm³/mol. The fourth-order valence-corrected chi connectivity index (χ4v) is 4.09. The number of carboxylic acid groups (broad SMARTS) is 1. The van der Waals surface area contributed by atoms with Gasteiger partial charge in [0.1, 0.15) is 0 Å². The summed E-state index contributed by atoms with van der Waals surface area (Å²) in [4.78, 5) is 23.9. The minimum Gasteiger partial charge on any atom is -0.481 e. The Morgan fingerprint density at radius 1 is 1.45 bits per heavy atom. The summed E-state index contributed by atoms with van der Waals surface area (Å²) < 4.78 is 0. The molecule has 0 atom stereocenters. The maximum Gasteiger partial charge on any atom is 0.303 e. The van der Waals surface area contributed by atoms with Crippen LogP contribution in [0.15, 0.2) is 17.5 Å². The highest BCUT2D eigenvalue weighted by Gasteiger charge is 2.39. The number of thioether (sulfide) groups is 1. The van der Waals surface area contributed by atoms with Gasteiger partial charge in [-0.15, -0.1) is 23.1 Å². The second-order valence-electron chi connectivity index (χ2n) is 5.27. The molecule has 1 saturated carbocycles. The van der Waals surface area contributed by atoms with Crippen molar-refractivity contribution in [2.24, 2.45) is 5.41 Å². The number of aliphatic carboxylic acids is 1. The molecule has 1 heterocycles. The number of carbonyl (C=O) groups is 2. The van der Waals surface area contributed by atoms with Crippen LogP contribution in [0.1, 0.15) is 30.6 Å². The predicted octanol–water partition coefficient (Wildman–Crippen LogP) is 2.74. The molecule has 0 radical (unpaired) electrons. The Bertz CT molecular complexity index is 455. The van der Waals surface area contributed by atoms with Crippen molar-refractivity contribution in [1.29, 1.82) is 0 Å². The fraction of sp³-hybridized carbons (Fsp3) is 0.571. The van der Waals surface area contributed by atoms with E-state index in [4.69, 9.17) is 5.11 Å². The fourth-order valence-electron chi connectivity index (χ4n) is 2.39. The van der Waals surface area contributed by atoms with Crippen molar-refractivity contribution in [1.82, 2.24) is 5.32 Å². The van der Waals surface area contributed by atoms with Gasteiger partial charge < -0.3 is 10.4 Å². The van der Waals surface area contributed by atoms with Crippen LogP contribution in [0.3, 0.4) is 0 Å². The number of hydrogen-bond donors (Lipinski definition) is 2. The number of nitrogens with one attached hydrogen (secondary N) is 1. The van der Waals surface area contributed by atoms with E-state index in [0.717, 1.165) is 25.0 Å². The molecule has 1 aliphatic rings.